The van der Waals surface area contributed by atoms with Crippen LogP contribution >= 0.6 is 0 Å². The van der Waals surface area contributed by atoms with Crippen LogP contribution in [0.3, 0.4) is 0 Å². The summed E-state index contributed by atoms with van der Waals surface area (Å²) < 4.78 is 39.4. The fraction of sp³-hybridized carbons (Fsp3) is 0.810. The number of hydrogen-bond acceptors (Lipinski definition) is 6. The predicted molar refractivity (Wildman–Crippen MR) is 102 cm³/mol. The minimum atomic E-state index is -4.31. The third kappa shape index (κ3) is 3.57. The summed E-state index contributed by atoms with van der Waals surface area (Å²) in [6.07, 6.45) is -2.54. The Morgan fingerprint density at radius 3 is 2.19 bits per heavy atom. The van der Waals surface area contributed by atoms with Crippen molar-refractivity contribution in [1.82, 2.24) is 4.90 Å². The van der Waals surface area contributed by atoms with E-state index in [4.69, 9.17) is 14.6 Å². The zero-order valence-corrected chi connectivity index (χ0v) is 18.4. The number of ether oxygens (including phenoxy) is 2. The number of hydrogen-bond donors (Lipinski definition) is 1. The third-order valence-corrected chi connectivity index (χ3v) is 6.68. The summed E-state index contributed by atoms with van der Waals surface area (Å²) in [7, 11) is 0. The maximum absolute atomic E-state index is 14.4. The summed E-state index contributed by atoms with van der Waals surface area (Å²) in [5.74, 6) is -11.2. The van der Waals surface area contributed by atoms with Gasteiger partial charge in [-0.05, 0) is 26.2 Å². The lowest BCUT2D eigenvalue weighted by atomic mass is 9.78. The van der Waals surface area contributed by atoms with Crippen LogP contribution in [-0.4, -0.2) is 64.0 Å². The number of carboxylic acids is 1. The summed E-state index contributed by atoms with van der Waals surface area (Å²) in [6, 6.07) is -0.565. The number of likely N-dealkylation sites (tertiary alicyclic amines) is 1. The van der Waals surface area contributed by atoms with Crippen molar-refractivity contribution in [3.63, 3.8) is 0 Å². The number of aliphatic carboxylic acids is 1. The molecule has 1 aliphatic heterocycles. The molecular weight excluding hydrogens is 416 g/mol. The van der Waals surface area contributed by atoms with E-state index < -0.39 is 59.2 Å². The largest absolute Gasteiger partial charge is 0.477 e. The molecule has 8 nitrogen and oxygen atoms in total. The zero-order valence-electron chi connectivity index (χ0n) is 18.4. The van der Waals surface area contributed by atoms with Crippen molar-refractivity contribution >= 4 is 23.8 Å². The molecule has 3 rings (SSSR count). The summed E-state index contributed by atoms with van der Waals surface area (Å²) in [5.41, 5.74) is -1.38. The third-order valence-electron chi connectivity index (χ3n) is 6.68. The van der Waals surface area contributed by atoms with Gasteiger partial charge < -0.3 is 19.5 Å². The fourth-order valence-electron chi connectivity index (χ4n) is 5.72. The highest BCUT2D eigenvalue weighted by atomic mass is 19.3. The van der Waals surface area contributed by atoms with Gasteiger partial charge >= 0.3 is 23.8 Å². The molecule has 2 bridgehead atoms. The second-order valence-electron chi connectivity index (χ2n) is 10.1. The Balaban J connectivity index is 1.95. The molecule has 0 aromatic carbocycles. The lowest BCUT2D eigenvalue weighted by molar-refractivity contribution is -0.212. The maximum atomic E-state index is 14.4. The van der Waals surface area contributed by atoms with Gasteiger partial charge in [0.05, 0.1) is 17.9 Å². The number of fused-ring (bicyclic) bond motifs is 1. The summed E-state index contributed by atoms with van der Waals surface area (Å²) in [6.45, 7) is 8.91. The number of nitrogens with zero attached hydrogens (tertiary/aromatic N) is 1. The van der Waals surface area contributed by atoms with Gasteiger partial charge in [-0.1, -0.05) is 20.8 Å². The normalized spacial score (nSPS) is 33.1. The van der Waals surface area contributed by atoms with Crippen LogP contribution in [0.2, 0.25) is 0 Å². The first-order chi connectivity index (χ1) is 14.1. The van der Waals surface area contributed by atoms with Crippen LogP contribution in [0, 0.1) is 29.1 Å². The molecule has 174 valence electrons. The van der Waals surface area contributed by atoms with Crippen molar-refractivity contribution in [3.8, 4) is 0 Å². The molecule has 2 saturated carbocycles. The number of carbonyl (C=O) groups excluding carboxylic acids is 3. The molecule has 1 saturated heterocycles. The average molecular weight is 445 g/mol. The molecule has 0 aromatic heterocycles. The van der Waals surface area contributed by atoms with Crippen molar-refractivity contribution in [2.24, 2.45) is 29.1 Å². The first kappa shape index (κ1) is 23.4. The van der Waals surface area contributed by atoms with Gasteiger partial charge in [-0.15, -0.1) is 0 Å². The van der Waals surface area contributed by atoms with E-state index in [2.05, 4.69) is 0 Å². The average Bonchev–Trinajstić information content (AvgIpc) is 3.20. The molecule has 0 spiro atoms. The van der Waals surface area contributed by atoms with Gasteiger partial charge in [0, 0.05) is 24.3 Å². The minimum absolute atomic E-state index is 0.199. The summed E-state index contributed by atoms with van der Waals surface area (Å²) in [4.78, 5) is 50.7. The second-order valence-corrected chi connectivity index (χ2v) is 10.1. The molecule has 1 heterocycles. The Bertz CT molecular complexity index is 806. The molecule has 2 aliphatic carbocycles. The van der Waals surface area contributed by atoms with Gasteiger partial charge in [0.15, 0.2) is 6.10 Å². The lowest BCUT2D eigenvalue weighted by Gasteiger charge is -2.37. The maximum Gasteiger partial charge on any atom is 0.379 e. The van der Waals surface area contributed by atoms with Crippen LogP contribution in [0.15, 0.2) is 0 Å². The molecule has 1 N–H and O–H groups in total. The number of halogens is 2. The molecular formula is C21H29F2NO7. The van der Waals surface area contributed by atoms with Crippen molar-refractivity contribution in [1.29, 1.82) is 0 Å². The van der Waals surface area contributed by atoms with E-state index in [0.29, 0.717) is 6.42 Å². The van der Waals surface area contributed by atoms with Gasteiger partial charge in [0.25, 0.3) is 0 Å². The van der Waals surface area contributed by atoms with Crippen LogP contribution in [0.25, 0.3) is 0 Å². The number of esters is 2. The number of amides is 1. The Labute approximate surface area is 179 Å². The van der Waals surface area contributed by atoms with Gasteiger partial charge in [-0.3, -0.25) is 14.4 Å². The lowest BCUT2D eigenvalue weighted by Crippen LogP contribution is -2.53. The molecule has 1 amide bonds. The SMILES string of the molecule is CC(=O)OC1C2CC3C(C(=O)N(C(C)C)C31)C2C(=O)OC(C(C)(C)C)C(F)(F)C(=O)O. The molecule has 7 unspecified atom stereocenters. The Morgan fingerprint density at radius 1 is 1.16 bits per heavy atom. The van der Waals surface area contributed by atoms with Crippen molar-refractivity contribution in [2.75, 3.05) is 0 Å². The van der Waals surface area contributed by atoms with Crippen molar-refractivity contribution < 1.29 is 42.5 Å². The van der Waals surface area contributed by atoms with E-state index in [9.17, 15) is 28.0 Å². The Morgan fingerprint density at radius 2 is 1.74 bits per heavy atom. The second kappa shape index (κ2) is 7.41. The van der Waals surface area contributed by atoms with Crippen LogP contribution in [-0.2, 0) is 28.7 Å². The first-order valence-corrected chi connectivity index (χ1v) is 10.4. The molecule has 0 radical (unpaired) electrons. The van der Waals surface area contributed by atoms with Crippen LogP contribution in [0.1, 0.15) is 48.0 Å². The van der Waals surface area contributed by atoms with Crippen LogP contribution in [0.5, 0.6) is 0 Å². The Hall–Kier alpha value is -2.26. The van der Waals surface area contributed by atoms with Gasteiger partial charge in [0.1, 0.15) is 6.10 Å². The zero-order chi connectivity index (χ0) is 23.6. The highest BCUT2D eigenvalue weighted by Gasteiger charge is 2.71. The molecule has 31 heavy (non-hydrogen) atoms. The van der Waals surface area contributed by atoms with E-state index >= 15 is 0 Å². The highest BCUT2D eigenvalue weighted by Crippen LogP contribution is 2.60. The minimum Gasteiger partial charge on any atom is -0.477 e. The topological polar surface area (TPSA) is 110 Å². The van der Waals surface area contributed by atoms with E-state index in [0.717, 1.165) is 0 Å². The van der Waals surface area contributed by atoms with E-state index in [-0.39, 0.29) is 23.9 Å². The highest BCUT2D eigenvalue weighted by molar-refractivity contribution is 5.90. The van der Waals surface area contributed by atoms with Gasteiger partial charge in [-0.25, -0.2) is 4.79 Å². The monoisotopic (exact) mass is 445 g/mol. The molecule has 10 heteroatoms. The quantitative estimate of drug-likeness (QED) is 0.624. The molecule has 0 aromatic rings. The van der Waals surface area contributed by atoms with Crippen LogP contribution in [0.4, 0.5) is 8.78 Å². The smallest absolute Gasteiger partial charge is 0.379 e. The Kier molecular flexibility index (Phi) is 5.59. The molecule has 3 aliphatic rings. The molecule has 7 atom stereocenters. The van der Waals surface area contributed by atoms with Crippen LogP contribution < -0.4 is 0 Å². The van der Waals surface area contributed by atoms with Gasteiger partial charge in [-0.2, -0.15) is 8.78 Å². The summed E-state index contributed by atoms with van der Waals surface area (Å²) in [5, 5.41) is 8.98. The standard InChI is InChI=1S/C21H29F2NO7/c1-8(2)24-14-10-7-11(15(14)30-9(3)25)13(12(10)16(24)26)17(27)31-18(20(4,5)6)21(22,23)19(28)29/h8,10-15,18H,7H2,1-6H3,(H,28,29). The molecule has 3 fully saturated rings. The summed E-state index contributed by atoms with van der Waals surface area (Å²) >= 11 is 0. The number of carboxylic acid groups (broad SMARTS) is 1. The number of alkyl halides is 2. The number of carbonyl (C=O) groups is 4. The van der Waals surface area contributed by atoms with E-state index in [1.54, 1.807) is 4.90 Å². The first-order valence-electron chi connectivity index (χ1n) is 10.4. The van der Waals surface area contributed by atoms with Gasteiger partial charge in [0.2, 0.25) is 5.91 Å². The fourth-order valence-corrected chi connectivity index (χ4v) is 5.72. The van der Waals surface area contributed by atoms with E-state index in [1.807, 2.05) is 13.8 Å². The number of rotatable bonds is 6. The van der Waals surface area contributed by atoms with E-state index in [1.165, 1.54) is 27.7 Å². The van der Waals surface area contributed by atoms with Crippen molar-refractivity contribution in [2.45, 2.75) is 78.2 Å². The van der Waals surface area contributed by atoms with Crippen molar-refractivity contribution in [3.05, 3.63) is 0 Å². The predicted octanol–water partition coefficient (Wildman–Crippen LogP) is 2.10.